The molecule has 1 saturated carbocycles. The summed E-state index contributed by atoms with van der Waals surface area (Å²) in [5.41, 5.74) is 1.32. The highest BCUT2D eigenvalue weighted by atomic mass is 16.4. The fourth-order valence-electron chi connectivity index (χ4n) is 3.27. The molecule has 1 aromatic rings. The van der Waals surface area contributed by atoms with Crippen LogP contribution in [0.3, 0.4) is 0 Å². The Labute approximate surface area is 115 Å². The van der Waals surface area contributed by atoms with Crippen LogP contribution in [0.1, 0.15) is 50.5 Å². The third kappa shape index (κ3) is 4.38. The molecule has 0 heterocycles. The summed E-state index contributed by atoms with van der Waals surface area (Å²) in [4.78, 5) is 11.4. The molecule has 0 amide bonds. The lowest BCUT2D eigenvalue weighted by Gasteiger charge is -2.27. The summed E-state index contributed by atoms with van der Waals surface area (Å²) in [7, 11) is 0. The van der Waals surface area contributed by atoms with Crippen LogP contribution in [0.2, 0.25) is 0 Å². The molecule has 2 heteroatoms. The van der Waals surface area contributed by atoms with Crippen molar-refractivity contribution in [3.8, 4) is 0 Å². The molecule has 0 spiro atoms. The van der Waals surface area contributed by atoms with Gasteiger partial charge in [0.1, 0.15) is 0 Å². The SMILES string of the molecule is O=C(O)C(CCCc1ccccc1)C1CCCCC1. The zero-order valence-corrected chi connectivity index (χ0v) is 11.6. The normalized spacial score (nSPS) is 18.1. The van der Waals surface area contributed by atoms with Gasteiger partial charge in [0.2, 0.25) is 0 Å². The Morgan fingerprint density at radius 2 is 1.84 bits per heavy atom. The van der Waals surface area contributed by atoms with Gasteiger partial charge in [-0.3, -0.25) is 4.79 Å². The first-order valence-electron chi connectivity index (χ1n) is 7.54. The molecule has 0 radical (unpaired) electrons. The average molecular weight is 260 g/mol. The molecule has 0 aliphatic heterocycles. The van der Waals surface area contributed by atoms with Crippen LogP contribution in [0, 0.1) is 11.8 Å². The van der Waals surface area contributed by atoms with Gasteiger partial charge in [-0.2, -0.15) is 0 Å². The highest BCUT2D eigenvalue weighted by Crippen LogP contribution is 2.32. The number of hydrogen-bond donors (Lipinski definition) is 1. The molecule has 1 aliphatic rings. The van der Waals surface area contributed by atoms with E-state index in [1.54, 1.807) is 0 Å². The van der Waals surface area contributed by atoms with Crippen molar-refractivity contribution in [2.75, 3.05) is 0 Å². The molecule has 0 aromatic heterocycles. The maximum Gasteiger partial charge on any atom is 0.306 e. The second kappa shape index (κ2) is 7.32. The Bertz CT molecular complexity index is 380. The summed E-state index contributed by atoms with van der Waals surface area (Å²) in [5.74, 6) is -0.286. The van der Waals surface area contributed by atoms with Crippen LogP contribution in [0.25, 0.3) is 0 Å². The van der Waals surface area contributed by atoms with Gasteiger partial charge in [-0.25, -0.2) is 0 Å². The molecular formula is C17H24O2. The Hall–Kier alpha value is -1.31. The number of hydrogen-bond acceptors (Lipinski definition) is 1. The predicted molar refractivity (Wildman–Crippen MR) is 77.1 cm³/mol. The number of aryl methyl sites for hydroxylation is 1. The minimum Gasteiger partial charge on any atom is -0.481 e. The Balaban J connectivity index is 1.82. The largest absolute Gasteiger partial charge is 0.481 e. The van der Waals surface area contributed by atoms with Crippen molar-refractivity contribution in [1.29, 1.82) is 0 Å². The van der Waals surface area contributed by atoms with Gasteiger partial charge in [-0.15, -0.1) is 0 Å². The van der Waals surface area contributed by atoms with Crippen LogP contribution in [0.15, 0.2) is 30.3 Å². The minimum absolute atomic E-state index is 0.121. The minimum atomic E-state index is -0.583. The summed E-state index contributed by atoms with van der Waals surface area (Å²) in [6, 6.07) is 10.4. The van der Waals surface area contributed by atoms with Gasteiger partial charge in [0.05, 0.1) is 5.92 Å². The van der Waals surface area contributed by atoms with Crippen molar-refractivity contribution in [2.24, 2.45) is 11.8 Å². The molecule has 19 heavy (non-hydrogen) atoms. The first kappa shape index (κ1) is 14.1. The van der Waals surface area contributed by atoms with Crippen molar-refractivity contribution in [2.45, 2.75) is 51.4 Å². The van der Waals surface area contributed by atoms with Gasteiger partial charge in [0.25, 0.3) is 0 Å². The number of carboxylic acid groups (broad SMARTS) is 1. The first-order valence-corrected chi connectivity index (χ1v) is 7.54. The van der Waals surface area contributed by atoms with Crippen molar-refractivity contribution < 1.29 is 9.90 Å². The fourth-order valence-corrected chi connectivity index (χ4v) is 3.27. The summed E-state index contributed by atoms with van der Waals surface area (Å²) in [5, 5.41) is 9.42. The quantitative estimate of drug-likeness (QED) is 0.828. The maximum atomic E-state index is 11.4. The van der Waals surface area contributed by atoms with Crippen molar-refractivity contribution in [3.63, 3.8) is 0 Å². The topological polar surface area (TPSA) is 37.3 Å². The van der Waals surface area contributed by atoms with E-state index in [1.807, 2.05) is 18.2 Å². The van der Waals surface area contributed by atoms with Gasteiger partial charge in [-0.05, 0) is 43.6 Å². The Morgan fingerprint density at radius 3 is 2.47 bits per heavy atom. The summed E-state index contributed by atoms with van der Waals surface area (Å²) in [6.45, 7) is 0. The lowest BCUT2D eigenvalue weighted by molar-refractivity contribution is -0.144. The van der Waals surface area contributed by atoms with E-state index < -0.39 is 5.97 Å². The number of rotatable bonds is 6. The monoisotopic (exact) mass is 260 g/mol. The molecule has 2 rings (SSSR count). The van der Waals surface area contributed by atoms with E-state index in [0.29, 0.717) is 5.92 Å². The van der Waals surface area contributed by atoms with Gasteiger partial charge >= 0.3 is 5.97 Å². The average Bonchev–Trinajstić information content (AvgIpc) is 2.45. The molecule has 0 bridgehead atoms. The number of aliphatic carboxylic acids is 1. The highest BCUT2D eigenvalue weighted by molar-refractivity contribution is 5.70. The molecule has 1 aromatic carbocycles. The highest BCUT2D eigenvalue weighted by Gasteiger charge is 2.28. The molecular weight excluding hydrogens is 236 g/mol. The molecule has 2 nitrogen and oxygen atoms in total. The Morgan fingerprint density at radius 1 is 1.16 bits per heavy atom. The maximum absolute atomic E-state index is 11.4. The van der Waals surface area contributed by atoms with Crippen LogP contribution < -0.4 is 0 Å². The number of carboxylic acids is 1. The van der Waals surface area contributed by atoms with Crippen molar-refractivity contribution >= 4 is 5.97 Å². The zero-order valence-electron chi connectivity index (χ0n) is 11.6. The van der Waals surface area contributed by atoms with E-state index in [4.69, 9.17) is 0 Å². The lowest BCUT2D eigenvalue weighted by atomic mass is 9.78. The second-order valence-electron chi connectivity index (χ2n) is 5.72. The number of benzene rings is 1. The third-order valence-corrected chi connectivity index (χ3v) is 4.36. The van der Waals surface area contributed by atoms with Gasteiger partial charge in [-0.1, -0.05) is 49.6 Å². The van der Waals surface area contributed by atoms with Crippen LogP contribution in [-0.4, -0.2) is 11.1 Å². The van der Waals surface area contributed by atoms with Crippen LogP contribution in [0.4, 0.5) is 0 Å². The van der Waals surface area contributed by atoms with Gasteiger partial charge < -0.3 is 5.11 Å². The van der Waals surface area contributed by atoms with E-state index in [-0.39, 0.29) is 5.92 Å². The van der Waals surface area contributed by atoms with Crippen LogP contribution in [0.5, 0.6) is 0 Å². The van der Waals surface area contributed by atoms with E-state index >= 15 is 0 Å². The number of carbonyl (C=O) groups is 1. The predicted octanol–water partition coefficient (Wildman–Crippen LogP) is 4.29. The first-order chi connectivity index (χ1) is 9.27. The molecule has 1 unspecified atom stereocenters. The van der Waals surface area contributed by atoms with Gasteiger partial charge in [0.15, 0.2) is 0 Å². The van der Waals surface area contributed by atoms with E-state index in [9.17, 15) is 9.90 Å². The van der Waals surface area contributed by atoms with E-state index in [0.717, 1.165) is 32.1 Å². The molecule has 0 saturated heterocycles. The van der Waals surface area contributed by atoms with Crippen LogP contribution in [-0.2, 0) is 11.2 Å². The van der Waals surface area contributed by atoms with E-state index in [1.165, 1.54) is 24.8 Å². The summed E-state index contributed by atoms with van der Waals surface area (Å²) in [6.07, 6.45) is 8.75. The fraction of sp³-hybridized carbons (Fsp3) is 0.588. The summed E-state index contributed by atoms with van der Waals surface area (Å²) < 4.78 is 0. The Kier molecular flexibility index (Phi) is 5.44. The second-order valence-corrected chi connectivity index (χ2v) is 5.72. The van der Waals surface area contributed by atoms with Crippen molar-refractivity contribution in [3.05, 3.63) is 35.9 Å². The molecule has 1 fully saturated rings. The summed E-state index contributed by atoms with van der Waals surface area (Å²) >= 11 is 0. The molecule has 1 N–H and O–H groups in total. The standard InChI is InChI=1S/C17H24O2/c18-17(19)16(15-11-5-2-6-12-15)13-7-10-14-8-3-1-4-9-14/h1,3-4,8-9,15-16H,2,5-7,10-13H2,(H,18,19). The third-order valence-electron chi connectivity index (χ3n) is 4.36. The van der Waals surface area contributed by atoms with Gasteiger partial charge in [0, 0.05) is 0 Å². The smallest absolute Gasteiger partial charge is 0.306 e. The molecule has 104 valence electrons. The van der Waals surface area contributed by atoms with E-state index in [2.05, 4.69) is 12.1 Å². The lowest BCUT2D eigenvalue weighted by Crippen LogP contribution is -2.25. The van der Waals surface area contributed by atoms with Crippen molar-refractivity contribution in [1.82, 2.24) is 0 Å². The molecule has 1 aliphatic carbocycles. The molecule has 1 atom stereocenters. The van der Waals surface area contributed by atoms with Crippen LogP contribution >= 0.6 is 0 Å². The zero-order chi connectivity index (χ0) is 13.5.